The van der Waals surface area contributed by atoms with Crippen LogP contribution in [0.5, 0.6) is 0 Å². The molecule has 2 rings (SSSR count). The molecule has 1 saturated heterocycles. The van der Waals surface area contributed by atoms with Crippen molar-refractivity contribution >= 4 is 27.5 Å². The molecule has 1 amide bonds. The first-order valence-corrected chi connectivity index (χ1v) is 6.77. The van der Waals surface area contributed by atoms with E-state index in [4.69, 9.17) is 0 Å². The topological polar surface area (TPSA) is 52.6 Å². The number of halogens is 1. The quantitative estimate of drug-likeness (QED) is 0.869. The van der Waals surface area contributed by atoms with E-state index in [2.05, 4.69) is 21.2 Å². The van der Waals surface area contributed by atoms with Crippen molar-refractivity contribution in [3.05, 3.63) is 28.2 Å². The molecule has 1 aromatic rings. The maximum Gasteiger partial charge on any atom is 0.246 e. The van der Waals surface area contributed by atoms with Crippen molar-refractivity contribution in [3.8, 4) is 0 Å². The number of anilines is 1. The first kappa shape index (κ1) is 13.5. The summed E-state index contributed by atoms with van der Waals surface area (Å²) in [7, 11) is 0. The van der Waals surface area contributed by atoms with E-state index in [1.54, 1.807) is 4.90 Å². The molecule has 1 heterocycles. The molecule has 5 heteroatoms. The lowest BCUT2D eigenvalue weighted by Gasteiger charge is -2.37. The second-order valence-electron chi connectivity index (χ2n) is 4.63. The number of piperazine rings is 1. The zero-order valence-corrected chi connectivity index (χ0v) is 12.1. The Morgan fingerprint density at radius 3 is 2.89 bits per heavy atom. The Morgan fingerprint density at radius 2 is 2.28 bits per heavy atom. The van der Waals surface area contributed by atoms with Gasteiger partial charge >= 0.3 is 0 Å². The lowest BCUT2D eigenvalue weighted by molar-refractivity contribution is -0.123. The van der Waals surface area contributed by atoms with E-state index >= 15 is 0 Å². The molecule has 2 atom stereocenters. The summed E-state index contributed by atoms with van der Waals surface area (Å²) in [5, 5.41) is 12.2. The summed E-state index contributed by atoms with van der Waals surface area (Å²) in [6.45, 7) is 4.51. The fourth-order valence-electron chi connectivity index (χ4n) is 2.13. The molecule has 2 N–H and O–H groups in total. The Labute approximate surface area is 115 Å². The molecule has 0 spiro atoms. The third kappa shape index (κ3) is 2.43. The highest BCUT2D eigenvalue weighted by Crippen LogP contribution is 2.26. The second kappa shape index (κ2) is 5.38. The van der Waals surface area contributed by atoms with Crippen LogP contribution in [-0.4, -0.2) is 36.2 Å². The summed E-state index contributed by atoms with van der Waals surface area (Å²) in [5.74, 6) is -0.0768. The van der Waals surface area contributed by atoms with Crippen LogP contribution in [0.25, 0.3) is 0 Å². The monoisotopic (exact) mass is 312 g/mol. The number of aliphatic hydroxyl groups excluding tert-OH is 1. The van der Waals surface area contributed by atoms with Crippen LogP contribution in [0, 0.1) is 6.92 Å². The van der Waals surface area contributed by atoms with Crippen molar-refractivity contribution in [2.75, 3.05) is 18.1 Å². The second-order valence-corrected chi connectivity index (χ2v) is 5.49. The molecule has 4 nitrogen and oxygen atoms in total. The number of benzene rings is 1. The van der Waals surface area contributed by atoms with Gasteiger partial charge in [0, 0.05) is 22.7 Å². The van der Waals surface area contributed by atoms with Crippen LogP contribution >= 0.6 is 15.9 Å². The first-order chi connectivity index (χ1) is 8.54. The highest BCUT2D eigenvalue weighted by Gasteiger charge is 2.33. The molecule has 1 aliphatic rings. The largest absolute Gasteiger partial charge is 0.394 e. The van der Waals surface area contributed by atoms with E-state index in [0.29, 0.717) is 6.54 Å². The number of hydrogen-bond acceptors (Lipinski definition) is 3. The minimum atomic E-state index is -0.499. The number of aliphatic hydroxyl groups is 1. The molecule has 98 valence electrons. The molecule has 0 aromatic heterocycles. The van der Waals surface area contributed by atoms with E-state index in [-0.39, 0.29) is 18.6 Å². The lowest BCUT2D eigenvalue weighted by Crippen LogP contribution is -2.60. The van der Waals surface area contributed by atoms with Crippen molar-refractivity contribution in [2.45, 2.75) is 25.9 Å². The predicted octanol–water partition coefficient (Wildman–Crippen LogP) is 1.44. The van der Waals surface area contributed by atoms with Gasteiger partial charge in [0.25, 0.3) is 0 Å². The van der Waals surface area contributed by atoms with Crippen LogP contribution < -0.4 is 10.2 Å². The van der Waals surface area contributed by atoms with E-state index in [0.717, 1.165) is 15.7 Å². The van der Waals surface area contributed by atoms with Gasteiger partial charge in [-0.2, -0.15) is 0 Å². The summed E-state index contributed by atoms with van der Waals surface area (Å²) < 4.78 is 0.985. The maximum atomic E-state index is 12.3. The van der Waals surface area contributed by atoms with Crippen LogP contribution in [0.1, 0.15) is 12.5 Å². The smallest absolute Gasteiger partial charge is 0.246 e. The summed E-state index contributed by atoms with van der Waals surface area (Å²) >= 11 is 3.48. The molecule has 2 unspecified atom stereocenters. The molecule has 0 aliphatic carbocycles. The van der Waals surface area contributed by atoms with E-state index in [1.807, 2.05) is 32.0 Å². The third-order valence-electron chi connectivity index (χ3n) is 3.25. The zero-order valence-electron chi connectivity index (χ0n) is 10.5. The number of carbonyl (C=O) groups is 1. The van der Waals surface area contributed by atoms with Crippen molar-refractivity contribution < 1.29 is 9.90 Å². The lowest BCUT2D eigenvalue weighted by atomic mass is 10.1. The average molecular weight is 313 g/mol. The van der Waals surface area contributed by atoms with Gasteiger partial charge < -0.3 is 15.3 Å². The van der Waals surface area contributed by atoms with Gasteiger partial charge in [0.15, 0.2) is 0 Å². The third-order valence-corrected chi connectivity index (χ3v) is 4.11. The van der Waals surface area contributed by atoms with E-state index < -0.39 is 6.04 Å². The SMILES string of the molecule is Cc1ccc(N2C(=O)C(CO)NCC2C)cc1Br. The van der Waals surface area contributed by atoms with Crippen molar-refractivity contribution in [3.63, 3.8) is 0 Å². The van der Waals surface area contributed by atoms with E-state index in [1.165, 1.54) is 0 Å². The fourth-order valence-corrected chi connectivity index (χ4v) is 2.50. The molecule has 0 bridgehead atoms. The Kier molecular flexibility index (Phi) is 4.04. The number of rotatable bonds is 2. The maximum absolute atomic E-state index is 12.3. The van der Waals surface area contributed by atoms with Crippen molar-refractivity contribution in [1.29, 1.82) is 0 Å². The van der Waals surface area contributed by atoms with Crippen molar-refractivity contribution in [2.24, 2.45) is 0 Å². The summed E-state index contributed by atoms with van der Waals surface area (Å²) in [5.41, 5.74) is 2.00. The molecule has 1 aliphatic heterocycles. The number of amides is 1. The molecular formula is C13H17BrN2O2. The Balaban J connectivity index is 2.34. The van der Waals surface area contributed by atoms with Crippen LogP contribution in [0.2, 0.25) is 0 Å². The van der Waals surface area contributed by atoms with Gasteiger partial charge in [-0.15, -0.1) is 0 Å². The van der Waals surface area contributed by atoms with Gasteiger partial charge in [0.2, 0.25) is 5.91 Å². The molecule has 1 fully saturated rings. The number of nitrogens with one attached hydrogen (secondary N) is 1. The number of carbonyl (C=O) groups excluding carboxylic acids is 1. The molecular weight excluding hydrogens is 296 g/mol. The van der Waals surface area contributed by atoms with Gasteiger partial charge in [-0.25, -0.2) is 0 Å². The normalized spacial score (nSPS) is 24.4. The van der Waals surface area contributed by atoms with Gasteiger partial charge in [0.05, 0.1) is 6.61 Å². The summed E-state index contributed by atoms with van der Waals surface area (Å²) in [6.07, 6.45) is 0. The Morgan fingerprint density at radius 1 is 1.56 bits per heavy atom. The van der Waals surface area contributed by atoms with Crippen LogP contribution in [0.3, 0.4) is 0 Å². The number of hydrogen-bond donors (Lipinski definition) is 2. The predicted molar refractivity (Wildman–Crippen MR) is 74.7 cm³/mol. The van der Waals surface area contributed by atoms with Gasteiger partial charge in [-0.1, -0.05) is 22.0 Å². The highest BCUT2D eigenvalue weighted by atomic mass is 79.9. The van der Waals surface area contributed by atoms with Crippen LogP contribution in [0.15, 0.2) is 22.7 Å². The standard InChI is InChI=1S/C13H17BrN2O2/c1-8-3-4-10(5-11(8)14)16-9(2)6-15-12(7-17)13(16)18/h3-5,9,12,15,17H,6-7H2,1-2H3. The minimum Gasteiger partial charge on any atom is -0.394 e. The summed E-state index contributed by atoms with van der Waals surface area (Å²) in [6, 6.07) is 5.45. The van der Waals surface area contributed by atoms with Gasteiger partial charge in [-0.05, 0) is 31.5 Å². The van der Waals surface area contributed by atoms with Gasteiger partial charge in [-0.3, -0.25) is 4.79 Å². The average Bonchev–Trinajstić information content (AvgIpc) is 2.34. The zero-order chi connectivity index (χ0) is 13.3. The van der Waals surface area contributed by atoms with Crippen LogP contribution in [0.4, 0.5) is 5.69 Å². The van der Waals surface area contributed by atoms with E-state index in [9.17, 15) is 9.90 Å². The minimum absolute atomic E-state index is 0.0768. The van der Waals surface area contributed by atoms with Crippen LogP contribution in [-0.2, 0) is 4.79 Å². The summed E-state index contributed by atoms with van der Waals surface area (Å²) in [4.78, 5) is 14.0. The molecule has 0 saturated carbocycles. The fraction of sp³-hybridized carbons (Fsp3) is 0.462. The molecule has 0 radical (unpaired) electrons. The number of nitrogens with zero attached hydrogens (tertiary/aromatic N) is 1. The number of aryl methyl sites for hydroxylation is 1. The Hall–Kier alpha value is -0.910. The molecule has 18 heavy (non-hydrogen) atoms. The molecule has 1 aromatic carbocycles. The van der Waals surface area contributed by atoms with Gasteiger partial charge in [0.1, 0.15) is 6.04 Å². The Bertz CT molecular complexity index is 464. The van der Waals surface area contributed by atoms with Crippen molar-refractivity contribution in [1.82, 2.24) is 5.32 Å². The highest BCUT2D eigenvalue weighted by molar-refractivity contribution is 9.10. The first-order valence-electron chi connectivity index (χ1n) is 5.98.